The third kappa shape index (κ3) is 8.02. The first kappa shape index (κ1) is 39.8. The monoisotopic (exact) mass is 831 g/mol. The van der Waals surface area contributed by atoms with E-state index in [2.05, 4.69) is 61.2 Å². The lowest BCUT2D eigenvalue weighted by atomic mass is 9.86. The number of hydrogen-bond donors (Lipinski definition) is 2. The van der Waals surface area contributed by atoms with E-state index in [1.807, 2.05) is 24.3 Å². The number of anilines is 2. The van der Waals surface area contributed by atoms with Gasteiger partial charge >= 0.3 is 0 Å². The van der Waals surface area contributed by atoms with Crippen LogP contribution in [0.1, 0.15) is 94.0 Å². The molecule has 2 saturated carbocycles. The number of ether oxygens (including phenoxy) is 3. The van der Waals surface area contributed by atoms with Gasteiger partial charge in [-0.2, -0.15) is 5.10 Å². The van der Waals surface area contributed by atoms with Crippen molar-refractivity contribution in [1.29, 1.82) is 0 Å². The van der Waals surface area contributed by atoms with E-state index in [0.717, 1.165) is 123 Å². The topological polar surface area (TPSA) is 158 Å². The molecule has 5 fully saturated rings. The highest BCUT2D eigenvalue weighted by Gasteiger charge is 2.42. The number of methoxy groups -OCH3 is 1. The first-order valence-corrected chi connectivity index (χ1v) is 22.3. The molecule has 2 aliphatic carbocycles. The summed E-state index contributed by atoms with van der Waals surface area (Å²) >= 11 is 0. The van der Waals surface area contributed by atoms with Crippen LogP contribution in [0.3, 0.4) is 0 Å². The van der Waals surface area contributed by atoms with Gasteiger partial charge in [0.2, 0.25) is 11.8 Å². The van der Waals surface area contributed by atoms with Gasteiger partial charge in [-0.25, -0.2) is 9.97 Å². The quantitative estimate of drug-likeness (QED) is 0.184. The molecule has 2 atom stereocenters. The fourth-order valence-electron chi connectivity index (χ4n) is 10.3. The summed E-state index contributed by atoms with van der Waals surface area (Å²) in [6.07, 6.45) is 11.4. The van der Waals surface area contributed by atoms with Crippen molar-refractivity contribution in [3.63, 3.8) is 0 Å². The molecule has 6 heterocycles. The first-order valence-electron chi connectivity index (χ1n) is 22.3. The van der Waals surface area contributed by atoms with Gasteiger partial charge in [-0.05, 0) is 108 Å². The molecule has 3 saturated heterocycles. The Labute approximate surface area is 356 Å². The second-order valence-electron chi connectivity index (χ2n) is 18.4. The molecule has 15 heteroatoms. The molecule has 4 aromatic rings. The maximum Gasteiger partial charge on any atom is 0.255 e. The number of hydrogen-bond acceptors (Lipinski definition) is 12. The number of aromatic amines is 1. The Bertz CT molecular complexity index is 2310. The van der Waals surface area contributed by atoms with Crippen molar-refractivity contribution in [2.75, 3.05) is 56.2 Å². The molecule has 0 spiro atoms. The molecule has 10 rings (SSSR count). The van der Waals surface area contributed by atoms with Gasteiger partial charge in [-0.15, -0.1) is 0 Å². The summed E-state index contributed by atoms with van der Waals surface area (Å²) in [5.74, 6) is 2.29. The number of carbonyl (C=O) groups excluding carboxylic acids is 3. The van der Waals surface area contributed by atoms with Crippen molar-refractivity contribution < 1.29 is 28.6 Å². The van der Waals surface area contributed by atoms with E-state index in [9.17, 15) is 14.4 Å². The number of imide groups is 1. The van der Waals surface area contributed by atoms with Gasteiger partial charge in [-0.3, -0.25) is 29.7 Å². The Morgan fingerprint density at radius 2 is 1.69 bits per heavy atom. The number of carbonyl (C=O) groups is 3. The number of rotatable bonds is 11. The highest BCUT2D eigenvalue weighted by Crippen LogP contribution is 2.43. The zero-order valence-electron chi connectivity index (χ0n) is 35.5. The molecule has 15 nitrogen and oxygen atoms in total. The predicted octanol–water partition coefficient (Wildman–Crippen LogP) is 5.48. The average Bonchev–Trinajstić information content (AvgIpc) is 3.68. The number of aromatic nitrogens is 4. The summed E-state index contributed by atoms with van der Waals surface area (Å²) in [5.41, 5.74) is 4.89. The Kier molecular flexibility index (Phi) is 10.6. The molecule has 0 bridgehead atoms. The summed E-state index contributed by atoms with van der Waals surface area (Å²) in [4.78, 5) is 56.0. The number of nitrogens with one attached hydrogen (secondary N) is 2. The highest BCUT2D eigenvalue weighted by molar-refractivity contribution is 6.06. The minimum Gasteiger partial charge on any atom is -0.494 e. The number of benzene rings is 2. The van der Waals surface area contributed by atoms with E-state index in [1.165, 1.54) is 12.8 Å². The van der Waals surface area contributed by atoms with Crippen LogP contribution in [0.15, 0.2) is 42.7 Å². The molecule has 61 heavy (non-hydrogen) atoms. The summed E-state index contributed by atoms with van der Waals surface area (Å²) in [6, 6.07) is 11.8. The van der Waals surface area contributed by atoms with Crippen LogP contribution >= 0.6 is 0 Å². The SMILES string of the molecule is COc1c(N2CCC(OC3CCC(CN4CCN(c5cc(-c6n[nH]c7ccc(OC8(C)CC8)cc67)ncn5)C[C@@H]4C)CC3)CC2)ccc2c1CN(C1CCC(=O)NC1=O)C2=O. The third-order valence-electron chi connectivity index (χ3n) is 14.1. The maximum atomic E-state index is 13.4. The number of piperidine rings is 2. The molecular formula is C46H57N9O6. The van der Waals surface area contributed by atoms with E-state index >= 15 is 0 Å². The summed E-state index contributed by atoms with van der Waals surface area (Å²) in [7, 11) is 1.64. The van der Waals surface area contributed by atoms with Crippen LogP contribution in [0.5, 0.6) is 11.5 Å². The van der Waals surface area contributed by atoms with E-state index < -0.39 is 11.9 Å². The molecule has 6 aliphatic rings. The summed E-state index contributed by atoms with van der Waals surface area (Å²) in [5, 5.41) is 11.2. The second kappa shape index (κ2) is 16.2. The van der Waals surface area contributed by atoms with Crippen molar-refractivity contribution >= 4 is 40.1 Å². The van der Waals surface area contributed by atoms with Gasteiger partial charge < -0.3 is 28.9 Å². The fourth-order valence-corrected chi connectivity index (χ4v) is 10.3. The Morgan fingerprint density at radius 1 is 0.885 bits per heavy atom. The molecule has 0 radical (unpaired) electrons. The van der Waals surface area contributed by atoms with Gasteiger partial charge in [0.1, 0.15) is 41.0 Å². The summed E-state index contributed by atoms with van der Waals surface area (Å²) in [6.45, 7) is 10.4. The van der Waals surface area contributed by atoms with Gasteiger partial charge in [-0.1, -0.05) is 0 Å². The van der Waals surface area contributed by atoms with Gasteiger partial charge in [0.25, 0.3) is 5.91 Å². The maximum absolute atomic E-state index is 13.4. The largest absolute Gasteiger partial charge is 0.494 e. The third-order valence-corrected chi connectivity index (χ3v) is 14.1. The number of fused-ring (bicyclic) bond motifs is 2. The van der Waals surface area contributed by atoms with Crippen LogP contribution in [0.25, 0.3) is 22.3 Å². The summed E-state index contributed by atoms with van der Waals surface area (Å²) < 4.78 is 18.9. The average molecular weight is 832 g/mol. The van der Waals surface area contributed by atoms with Crippen LogP contribution in [0.2, 0.25) is 0 Å². The fraction of sp³-hybridized carbons (Fsp3) is 0.565. The van der Waals surface area contributed by atoms with Crippen molar-refractivity contribution in [1.82, 2.24) is 35.3 Å². The number of piperazine rings is 1. The lowest BCUT2D eigenvalue weighted by Gasteiger charge is -2.43. The standard InChI is InChI=1S/C46H57N9O6/c1-28-24-54(40-23-37(47-27-48-40)42-34-22-32(61-46(2)16-17-46)8-10-36(34)50-51-42)21-20-53(28)25-29-4-6-30(7-5-29)60-31-14-18-52(19-15-31)38-11-9-33-35(43(38)59-3)26-55(45(33)58)39-12-13-41(56)49-44(39)57/h8-11,22-23,27-31,39H,4-7,12-21,24-26H2,1-3H3,(H,50,51)(H,49,56,57)/t28-,29?,30?,39?/m0/s1. The van der Waals surface area contributed by atoms with E-state index in [1.54, 1.807) is 18.3 Å². The minimum absolute atomic E-state index is 0.0460. The molecule has 2 N–H and O–H groups in total. The first-order chi connectivity index (χ1) is 29.6. The highest BCUT2D eigenvalue weighted by atomic mass is 16.5. The van der Waals surface area contributed by atoms with Crippen LogP contribution in [0, 0.1) is 5.92 Å². The Hall–Kier alpha value is -5.28. The smallest absolute Gasteiger partial charge is 0.255 e. The van der Waals surface area contributed by atoms with Crippen LogP contribution in [-0.2, 0) is 20.9 Å². The van der Waals surface area contributed by atoms with Gasteiger partial charge in [0.05, 0.1) is 42.8 Å². The molecular weight excluding hydrogens is 775 g/mol. The van der Waals surface area contributed by atoms with Gasteiger partial charge in [0.15, 0.2) is 0 Å². The Balaban J connectivity index is 0.685. The van der Waals surface area contributed by atoms with Crippen LogP contribution < -0.4 is 24.6 Å². The molecule has 322 valence electrons. The second-order valence-corrected chi connectivity index (χ2v) is 18.4. The van der Waals surface area contributed by atoms with Crippen molar-refractivity contribution in [3.05, 3.63) is 53.9 Å². The van der Waals surface area contributed by atoms with Crippen LogP contribution in [0.4, 0.5) is 11.5 Å². The van der Waals surface area contributed by atoms with E-state index in [4.69, 9.17) is 19.2 Å². The zero-order chi connectivity index (χ0) is 41.8. The predicted molar refractivity (Wildman–Crippen MR) is 230 cm³/mol. The van der Waals surface area contributed by atoms with Crippen molar-refractivity contribution in [2.45, 2.75) is 114 Å². The van der Waals surface area contributed by atoms with Gasteiger partial charge in [0, 0.05) is 74.3 Å². The molecule has 4 aliphatic heterocycles. The number of nitrogens with zero attached hydrogens (tertiary/aromatic N) is 7. The molecule has 2 aromatic carbocycles. The van der Waals surface area contributed by atoms with E-state index in [-0.39, 0.29) is 29.9 Å². The van der Waals surface area contributed by atoms with Crippen molar-refractivity contribution in [2.24, 2.45) is 5.92 Å². The number of H-pyrrole nitrogens is 1. The lowest BCUT2D eigenvalue weighted by Crippen LogP contribution is -2.53. The normalized spacial score (nSPS) is 25.8. The minimum atomic E-state index is -0.652. The molecule has 2 aromatic heterocycles. The lowest BCUT2D eigenvalue weighted by molar-refractivity contribution is -0.136. The molecule has 1 unspecified atom stereocenters. The zero-order valence-corrected chi connectivity index (χ0v) is 35.5. The van der Waals surface area contributed by atoms with E-state index in [0.29, 0.717) is 42.3 Å². The van der Waals surface area contributed by atoms with Crippen molar-refractivity contribution in [3.8, 4) is 22.9 Å². The molecule has 3 amide bonds. The Morgan fingerprint density at radius 3 is 2.44 bits per heavy atom. The number of amides is 3. The van der Waals surface area contributed by atoms with Crippen LogP contribution in [-0.4, -0.2) is 124 Å².